The Morgan fingerprint density at radius 2 is 1.68 bits per heavy atom. The maximum Gasteiger partial charge on any atom is 0.242 e. The maximum atomic E-state index is 12.8. The largest absolute Gasteiger partial charge is 0.341 e. The van der Waals surface area contributed by atoms with Gasteiger partial charge in [-0.3, -0.25) is 9.59 Å². The molecule has 0 atom stereocenters. The van der Waals surface area contributed by atoms with Crippen LogP contribution in [0.2, 0.25) is 0 Å². The molecule has 0 unspecified atom stereocenters. The van der Waals surface area contributed by atoms with Gasteiger partial charge in [0.2, 0.25) is 11.8 Å². The zero-order chi connectivity index (χ0) is 20.1. The smallest absolute Gasteiger partial charge is 0.242 e. The highest BCUT2D eigenvalue weighted by Crippen LogP contribution is 2.23. The SMILES string of the molecule is CC(=O)N(CC(=O)N1CCC(Cc2ccccc2)CC1)c1ccc(C)c(C)c1. The Morgan fingerprint density at radius 3 is 2.29 bits per heavy atom. The molecule has 0 radical (unpaired) electrons. The van der Waals surface area contributed by atoms with Crippen LogP contribution in [0.25, 0.3) is 0 Å². The van der Waals surface area contributed by atoms with Gasteiger partial charge < -0.3 is 9.80 Å². The molecule has 0 spiro atoms. The molecule has 1 fully saturated rings. The van der Waals surface area contributed by atoms with E-state index in [4.69, 9.17) is 0 Å². The van der Waals surface area contributed by atoms with E-state index in [9.17, 15) is 9.59 Å². The maximum absolute atomic E-state index is 12.8. The summed E-state index contributed by atoms with van der Waals surface area (Å²) in [7, 11) is 0. The third-order valence-electron chi connectivity index (χ3n) is 5.81. The molecule has 4 heteroatoms. The van der Waals surface area contributed by atoms with E-state index >= 15 is 0 Å². The Hall–Kier alpha value is -2.62. The topological polar surface area (TPSA) is 40.6 Å². The number of rotatable bonds is 5. The number of benzene rings is 2. The number of nitrogens with zero attached hydrogens (tertiary/aromatic N) is 2. The average molecular weight is 379 g/mol. The fourth-order valence-corrected chi connectivity index (χ4v) is 3.85. The lowest BCUT2D eigenvalue weighted by Crippen LogP contribution is -2.45. The predicted octanol–water partition coefficient (Wildman–Crippen LogP) is 4.14. The summed E-state index contributed by atoms with van der Waals surface area (Å²) in [5, 5.41) is 0. The molecule has 2 amide bonds. The van der Waals surface area contributed by atoms with E-state index in [1.54, 1.807) is 4.90 Å². The summed E-state index contributed by atoms with van der Waals surface area (Å²) in [5.41, 5.74) is 4.46. The number of hydrogen-bond acceptors (Lipinski definition) is 2. The minimum Gasteiger partial charge on any atom is -0.341 e. The predicted molar refractivity (Wildman–Crippen MR) is 113 cm³/mol. The lowest BCUT2D eigenvalue weighted by Gasteiger charge is -2.33. The van der Waals surface area contributed by atoms with E-state index in [1.807, 2.05) is 43.0 Å². The van der Waals surface area contributed by atoms with Crippen LogP contribution in [0.4, 0.5) is 5.69 Å². The summed E-state index contributed by atoms with van der Waals surface area (Å²) in [6, 6.07) is 16.5. The molecule has 1 heterocycles. The first kappa shape index (κ1) is 20.1. The van der Waals surface area contributed by atoms with Crippen LogP contribution in [-0.2, 0) is 16.0 Å². The number of likely N-dealkylation sites (tertiary alicyclic amines) is 1. The van der Waals surface area contributed by atoms with Gasteiger partial charge in [0, 0.05) is 25.7 Å². The monoisotopic (exact) mass is 378 g/mol. The van der Waals surface area contributed by atoms with Crippen molar-refractivity contribution in [1.82, 2.24) is 4.90 Å². The molecule has 1 aliphatic heterocycles. The number of anilines is 1. The van der Waals surface area contributed by atoms with Crippen molar-refractivity contribution in [3.63, 3.8) is 0 Å². The van der Waals surface area contributed by atoms with Crippen LogP contribution in [0.5, 0.6) is 0 Å². The third kappa shape index (κ3) is 5.00. The number of aryl methyl sites for hydroxylation is 2. The number of amides is 2. The van der Waals surface area contributed by atoms with Gasteiger partial charge in [0.1, 0.15) is 6.54 Å². The second kappa shape index (κ2) is 9.05. The van der Waals surface area contributed by atoms with Crippen LogP contribution >= 0.6 is 0 Å². The minimum atomic E-state index is -0.101. The molecule has 0 bridgehead atoms. The number of hydrogen-bond donors (Lipinski definition) is 0. The highest BCUT2D eigenvalue weighted by molar-refractivity contribution is 5.97. The lowest BCUT2D eigenvalue weighted by atomic mass is 9.90. The summed E-state index contributed by atoms with van der Waals surface area (Å²) in [4.78, 5) is 28.5. The Labute approximate surface area is 168 Å². The van der Waals surface area contributed by atoms with Gasteiger partial charge in [0.05, 0.1) is 0 Å². The van der Waals surface area contributed by atoms with Crippen molar-refractivity contribution in [3.8, 4) is 0 Å². The standard InChI is InChI=1S/C24H30N2O2/c1-18-9-10-23(15-19(18)2)26(20(3)27)17-24(28)25-13-11-22(12-14-25)16-21-7-5-4-6-8-21/h4-10,15,22H,11-14,16-17H2,1-3H3. The molecule has 2 aromatic carbocycles. The van der Waals surface area contributed by atoms with Crippen molar-refractivity contribution in [2.75, 3.05) is 24.5 Å². The fourth-order valence-electron chi connectivity index (χ4n) is 3.85. The number of carbonyl (C=O) groups excluding carboxylic acids is 2. The second-order valence-corrected chi connectivity index (χ2v) is 7.89. The summed E-state index contributed by atoms with van der Waals surface area (Å²) in [6.07, 6.45) is 3.11. The third-order valence-corrected chi connectivity index (χ3v) is 5.81. The summed E-state index contributed by atoms with van der Waals surface area (Å²) in [6.45, 7) is 7.25. The molecule has 28 heavy (non-hydrogen) atoms. The molecule has 4 nitrogen and oxygen atoms in total. The zero-order valence-corrected chi connectivity index (χ0v) is 17.1. The summed E-state index contributed by atoms with van der Waals surface area (Å²) in [5.74, 6) is 0.553. The Bertz CT molecular complexity index is 824. The lowest BCUT2D eigenvalue weighted by molar-refractivity contribution is -0.132. The van der Waals surface area contributed by atoms with Crippen LogP contribution in [-0.4, -0.2) is 36.3 Å². The van der Waals surface area contributed by atoms with E-state index < -0.39 is 0 Å². The molecule has 148 valence electrons. The first-order chi connectivity index (χ1) is 13.4. The van der Waals surface area contributed by atoms with Gasteiger partial charge in [0.25, 0.3) is 0 Å². The normalized spacial score (nSPS) is 14.8. The molecule has 0 N–H and O–H groups in total. The first-order valence-electron chi connectivity index (χ1n) is 10.1. The Kier molecular flexibility index (Phi) is 6.50. The quantitative estimate of drug-likeness (QED) is 0.785. The molecule has 1 saturated heterocycles. The summed E-state index contributed by atoms with van der Waals surface area (Å²) < 4.78 is 0. The van der Waals surface area contributed by atoms with Gasteiger partial charge in [-0.25, -0.2) is 0 Å². The highest BCUT2D eigenvalue weighted by atomic mass is 16.2. The molecule has 3 rings (SSSR count). The Morgan fingerprint density at radius 1 is 1.00 bits per heavy atom. The van der Waals surface area contributed by atoms with Crippen LogP contribution in [0.3, 0.4) is 0 Å². The van der Waals surface area contributed by atoms with Crippen LogP contribution in [0, 0.1) is 19.8 Å². The van der Waals surface area contributed by atoms with E-state index in [0.717, 1.165) is 43.6 Å². The molecule has 2 aromatic rings. The van der Waals surface area contributed by atoms with Crippen molar-refractivity contribution in [1.29, 1.82) is 0 Å². The molecule has 1 aliphatic rings. The average Bonchev–Trinajstić information content (AvgIpc) is 2.69. The van der Waals surface area contributed by atoms with Crippen molar-refractivity contribution >= 4 is 17.5 Å². The first-order valence-corrected chi connectivity index (χ1v) is 10.1. The second-order valence-electron chi connectivity index (χ2n) is 7.89. The fraction of sp³-hybridized carbons (Fsp3) is 0.417. The summed E-state index contributed by atoms with van der Waals surface area (Å²) >= 11 is 0. The van der Waals surface area contributed by atoms with E-state index in [-0.39, 0.29) is 18.4 Å². The molecule has 0 saturated carbocycles. The number of piperidine rings is 1. The molecular weight excluding hydrogens is 348 g/mol. The van der Waals surface area contributed by atoms with Gasteiger partial charge >= 0.3 is 0 Å². The van der Waals surface area contributed by atoms with Gasteiger partial charge in [0.15, 0.2) is 0 Å². The number of carbonyl (C=O) groups is 2. The van der Waals surface area contributed by atoms with Crippen LogP contribution in [0.15, 0.2) is 48.5 Å². The van der Waals surface area contributed by atoms with Gasteiger partial charge in [-0.15, -0.1) is 0 Å². The van der Waals surface area contributed by atoms with Gasteiger partial charge in [-0.05, 0) is 67.9 Å². The van der Waals surface area contributed by atoms with Crippen molar-refractivity contribution in [2.45, 2.75) is 40.0 Å². The van der Waals surface area contributed by atoms with Crippen molar-refractivity contribution < 1.29 is 9.59 Å². The Balaban J connectivity index is 1.57. The van der Waals surface area contributed by atoms with Crippen molar-refractivity contribution in [2.24, 2.45) is 5.92 Å². The van der Waals surface area contributed by atoms with Gasteiger partial charge in [-0.2, -0.15) is 0 Å². The van der Waals surface area contributed by atoms with Crippen molar-refractivity contribution in [3.05, 3.63) is 65.2 Å². The highest BCUT2D eigenvalue weighted by Gasteiger charge is 2.25. The van der Waals surface area contributed by atoms with E-state index in [0.29, 0.717) is 5.92 Å². The van der Waals surface area contributed by atoms with Crippen LogP contribution < -0.4 is 4.90 Å². The zero-order valence-electron chi connectivity index (χ0n) is 17.1. The van der Waals surface area contributed by atoms with Gasteiger partial charge in [-0.1, -0.05) is 36.4 Å². The molecule has 0 aromatic heterocycles. The molecule has 0 aliphatic carbocycles. The van der Waals surface area contributed by atoms with E-state index in [2.05, 4.69) is 24.3 Å². The van der Waals surface area contributed by atoms with E-state index in [1.165, 1.54) is 18.1 Å². The van der Waals surface area contributed by atoms with Crippen LogP contribution in [0.1, 0.15) is 36.5 Å². The molecular formula is C24H30N2O2. The minimum absolute atomic E-state index is 0.0339.